The van der Waals surface area contributed by atoms with Crippen LogP contribution in [0.3, 0.4) is 0 Å². The van der Waals surface area contributed by atoms with Crippen LogP contribution in [0.4, 0.5) is 0 Å². The number of nitrogens with one attached hydrogen (secondary N) is 2. The van der Waals surface area contributed by atoms with Gasteiger partial charge in [0.25, 0.3) is 11.8 Å². The molecule has 0 aliphatic rings. The Morgan fingerprint density at radius 1 is 1.04 bits per heavy atom. The maximum Gasteiger partial charge on any atom is 0.273 e. The largest absolute Gasteiger partial charge is 0.493 e. The van der Waals surface area contributed by atoms with E-state index in [1.54, 1.807) is 25.1 Å². The number of hydrogen-bond donors (Lipinski definition) is 2. The molecule has 1 heterocycles. The molecule has 8 nitrogen and oxygen atoms in total. The van der Waals surface area contributed by atoms with Crippen molar-refractivity contribution in [2.75, 3.05) is 21.3 Å². The van der Waals surface area contributed by atoms with Gasteiger partial charge in [0, 0.05) is 6.08 Å². The average molecular weight is 360 g/mol. The molecule has 0 unspecified atom stereocenters. The van der Waals surface area contributed by atoms with Gasteiger partial charge in [0.1, 0.15) is 5.76 Å². The molecule has 0 fully saturated rings. The molecule has 0 aliphatic heterocycles. The van der Waals surface area contributed by atoms with Gasteiger partial charge < -0.3 is 18.6 Å². The molecule has 0 aliphatic carbocycles. The van der Waals surface area contributed by atoms with Crippen LogP contribution in [0.15, 0.2) is 35.0 Å². The number of carbonyl (C=O) groups excluding carboxylic acids is 2. The van der Waals surface area contributed by atoms with Crippen molar-refractivity contribution in [1.29, 1.82) is 0 Å². The number of carbonyl (C=O) groups is 2. The van der Waals surface area contributed by atoms with E-state index in [9.17, 15) is 9.59 Å². The highest BCUT2D eigenvalue weighted by atomic mass is 16.5. The van der Waals surface area contributed by atoms with Gasteiger partial charge in [0.2, 0.25) is 5.75 Å². The zero-order valence-electron chi connectivity index (χ0n) is 14.9. The minimum Gasteiger partial charge on any atom is -0.493 e. The highest BCUT2D eigenvalue weighted by molar-refractivity contribution is 5.98. The van der Waals surface area contributed by atoms with Crippen LogP contribution in [-0.4, -0.2) is 33.1 Å². The van der Waals surface area contributed by atoms with Crippen molar-refractivity contribution in [1.82, 2.24) is 10.9 Å². The number of hydrazine groups is 1. The number of furan rings is 1. The summed E-state index contributed by atoms with van der Waals surface area (Å²) in [6.45, 7) is 1.65. The third-order valence-electron chi connectivity index (χ3n) is 3.52. The van der Waals surface area contributed by atoms with Crippen molar-refractivity contribution in [2.24, 2.45) is 0 Å². The van der Waals surface area contributed by atoms with Crippen LogP contribution in [-0.2, 0) is 4.79 Å². The average Bonchev–Trinajstić information content (AvgIpc) is 3.09. The monoisotopic (exact) mass is 360 g/mol. The first-order chi connectivity index (χ1) is 12.5. The highest BCUT2D eigenvalue weighted by Crippen LogP contribution is 2.38. The van der Waals surface area contributed by atoms with E-state index in [0.29, 0.717) is 34.1 Å². The molecule has 2 rings (SSSR count). The smallest absolute Gasteiger partial charge is 0.273 e. The molecule has 8 heteroatoms. The molecule has 0 spiro atoms. The third kappa shape index (κ3) is 4.35. The van der Waals surface area contributed by atoms with Crippen molar-refractivity contribution in [3.8, 4) is 17.2 Å². The van der Waals surface area contributed by atoms with E-state index in [1.807, 2.05) is 0 Å². The van der Waals surface area contributed by atoms with Crippen LogP contribution in [0.5, 0.6) is 17.2 Å². The predicted molar refractivity (Wildman–Crippen MR) is 94.2 cm³/mol. The zero-order valence-corrected chi connectivity index (χ0v) is 14.9. The molecule has 1 aromatic heterocycles. The van der Waals surface area contributed by atoms with Crippen molar-refractivity contribution >= 4 is 17.9 Å². The first-order valence-corrected chi connectivity index (χ1v) is 7.62. The Hall–Kier alpha value is -3.42. The second kappa shape index (κ2) is 8.61. The molecular weight excluding hydrogens is 340 g/mol. The first kappa shape index (κ1) is 18.9. The standard InChI is InChI=1S/C18H20N2O6/c1-11-13(7-8-26-11)18(22)20-19-16(21)6-5-12-9-14(23-2)17(25-4)15(10-12)24-3/h5-10H,1-4H3,(H,19,21)(H,20,22)/b6-5+. The maximum absolute atomic E-state index is 11.9. The van der Waals surface area contributed by atoms with Gasteiger partial charge >= 0.3 is 0 Å². The van der Waals surface area contributed by atoms with Crippen LogP contribution < -0.4 is 25.1 Å². The summed E-state index contributed by atoms with van der Waals surface area (Å²) < 4.78 is 20.8. The molecule has 138 valence electrons. The number of rotatable bonds is 6. The summed E-state index contributed by atoms with van der Waals surface area (Å²) in [7, 11) is 4.52. The SMILES string of the molecule is COc1cc(/C=C/C(=O)NNC(=O)c2ccoc2C)cc(OC)c1OC. The van der Waals surface area contributed by atoms with Gasteiger partial charge in [-0.15, -0.1) is 0 Å². The molecule has 0 radical (unpaired) electrons. The normalized spacial score (nSPS) is 10.5. The minimum absolute atomic E-state index is 0.346. The lowest BCUT2D eigenvalue weighted by molar-refractivity contribution is -0.117. The molecule has 0 saturated carbocycles. The summed E-state index contributed by atoms with van der Waals surface area (Å²) in [5, 5.41) is 0. The Morgan fingerprint density at radius 3 is 2.19 bits per heavy atom. The summed E-state index contributed by atoms with van der Waals surface area (Å²) in [4.78, 5) is 23.8. The highest BCUT2D eigenvalue weighted by Gasteiger charge is 2.13. The number of ether oxygens (including phenoxy) is 3. The van der Waals surface area contributed by atoms with Gasteiger partial charge in [0.05, 0.1) is 33.2 Å². The summed E-state index contributed by atoms with van der Waals surface area (Å²) in [5.74, 6) is 0.884. The van der Waals surface area contributed by atoms with E-state index in [0.717, 1.165) is 0 Å². The molecule has 1 aromatic carbocycles. The lowest BCUT2D eigenvalue weighted by Crippen LogP contribution is -2.40. The van der Waals surface area contributed by atoms with Crippen molar-refractivity contribution in [2.45, 2.75) is 6.92 Å². The Balaban J connectivity index is 2.03. The predicted octanol–water partition coefficient (Wildman–Crippen LogP) is 2.09. The van der Waals surface area contributed by atoms with E-state index < -0.39 is 11.8 Å². The Labute approximate surface area is 150 Å². The molecular formula is C18H20N2O6. The van der Waals surface area contributed by atoms with E-state index in [-0.39, 0.29) is 0 Å². The quantitative estimate of drug-likeness (QED) is 0.604. The number of aryl methyl sites for hydroxylation is 1. The second-order valence-corrected chi connectivity index (χ2v) is 5.13. The van der Waals surface area contributed by atoms with Crippen LogP contribution in [0.25, 0.3) is 6.08 Å². The summed E-state index contributed by atoms with van der Waals surface area (Å²) in [6.07, 6.45) is 4.22. The summed E-state index contributed by atoms with van der Waals surface area (Å²) in [5.41, 5.74) is 5.61. The fraction of sp³-hybridized carbons (Fsp3) is 0.222. The van der Waals surface area contributed by atoms with Crippen LogP contribution >= 0.6 is 0 Å². The van der Waals surface area contributed by atoms with Gasteiger partial charge in [-0.2, -0.15) is 0 Å². The first-order valence-electron chi connectivity index (χ1n) is 7.62. The van der Waals surface area contributed by atoms with E-state index in [1.165, 1.54) is 39.7 Å². The number of amides is 2. The number of hydrogen-bond acceptors (Lipinski definition) is 6. The number of methoxy groups -OCH3 is 3. The summed E-state index contributed by atoms with van der Waals surface area (Å²) >= 11 is 0. The lowest BCUT2D eigenvalue weighted by atomic mass is 10.1. The van der Waals surface area contributed by atoms with Crippen LogP contribution in [0.1, 0.15) is 21.7 Å². The van der Waals surface area contributed by atoms with E-state index in [2.05, 4.69) is 10.9 Å². The Bertz CT molecular complexity index is 800. The topological polar surface area (TPSA) is 99.0 Å². The van der Waals surface area contributed by atoms with Crippen molar-refractivity contribution < 1.29 is 28.2 Å². The van der Waals surface area contributed by atoms with Gasteiger partial charge in [-0.05, 0) is 36.8 Å². The molecule has 0 atom stereocenters. The zero-order chi connectivity index (χ0) is 19.1. The van der Waals surface area contributed by atoms with Crippen LogP contribution in [0, 0.1) is 6.92 Å². The van der Waals surface area contributed by atoms with Gasteiger partial charge in [-0.1, -0.05) is 0 Å². The van der Waals surface area contributed by atoms with Gasteiger partial charge in [0.15, 0.2) is 11.5 Å². The van der Waals surface area contributed by atoms with Crippen molar-refractivity contribution in [3.63, 3.8) is 0 Å². The molecule has 0 bridgehead atoms. The lowest BCUT2D eigenvalue weighted by Gasteiger charge is -2.12. The molecule has 2 N–H and O–H groups in total. The van der Waals surface area contributed by atoms with Crippen molar-refractivity contribution in [3.05, 3.63) is 47.4 Å². The van der Waals surface area contributed by atoms with Crippen LogP contribution in [0.2, 0.25) is 0 Å². The maximum atomic E-state index is 11.9. The minimum atomic E-state index is -0.506. The van der Waals surface area contributed by atoms with E-state index in [4.69, 9.17) is 18.6 Å². The van der Waals surface area contributed by atoms with Gasteiger partial charge in [-0.25, -0.2) is 0 Å². The fourth-order valence-corrected chi connectivity index (χ4v) is 2.22. The molecule has 2 aromatic rings. The Morgan fingerprint density at radius 2 is 1.69 bits per heavy atom. The second-order valence-electron chi connectivity index (χ2n) is 5.13. The molecule has 2 amide bonds. The molecule has 0 saturated heterocycles. The molecule has 26 heavy (non-hydrogen) atoms. The fourth-order valence-electron chi connectivity index (χ4n) is 2.22. The number of benzene rings is 1. The summed E-state index contributed by atoms with van der Waals surface area (Å²) in [6, 6.07) is 4.90. The Kier molecular flexibility index (Phi) is 6.26. The van der Waals surface area contributed by atoms with E-state index >= 15 is 0 Å². The van der Waals surface area contributed by atoms with Gasteiger partial charge in [-0.3, -0.25) is 20.4 Å². The third-order valence-corrected chi connectivity index (χ3v) is 3.52.